The maximum Gasteiger partial charge on any atom is 0.262 e. The van der Waals surface area contributed by atoms with Crippen molar-refractivity contribution >= 4 is 39.5 Å². The minimum Gasteiger partial charge on any atom is -0.269 e. The Bertz CT molecular complexity index is 852. The smallest absolute Gasteiger partial charge is 0.262 e. The van der Waals surface area contributed by atoms with Crippen molar-refractivity contribution in [2.24, 2.45) is 0 Å². The van der Waals surface area contributed by atoms with E-state index in [1.807, 2.05) is 36.6 Å². The van der Waals surface area contributed by atoms with Gasteiger partial charge in [0.1, 0.15) is 0 Å². The summed E-state index contributed by atoms with van der Waals surface area (Å²) in [6.45, 7) is 1.85. The van der Waals surface area contributed by atoms with Crippen LogP contribution in [0.1, 0.15) is 11.3 Å². The molecule has 21 heavy (non-hydrogen) atoms. The molecule has 1 aromatic carbocycles. The van der Waals surface area contributed by atoms with E-state index >= 15 is 0 Å². The molecule has 2 heterocycles. The second-order valence-corrected chi connectivity index (χ2v) is 6.32. The molecule has 3 rings (SSSR count). The van der Waals surface area contributed by atoms with E-state index in [9.17, 15) is 4.79 Å². The van der Waals surface area contributed by atoms with E-state index in [4.69, 9.17) is 23.2 Å². The molecule has 0 saturated heterocycles. The highest BCUT2D eigenvalue weighted by molar-refractivity contribution is 7.15. The van der Waals surface area contributed by atoms with Crippen molar-refractivity contribution in [3.8, 4) is 11.3 Å². The Hall–Kier alpha value is -1.36. The van der Waals surface area contributed by atoms with Crippen molar-refractivity contribution < 1.29 is 0 Å². The summed E-state index contributed by atoms with van der Waals surface area (Å²) in [4.78, 5) is 17.9. The van der Waals surface area contributed by atoms with Crippen LogP contribution in [-0.4, -0.2) is 15.3 Å². The van der Waals surface area contributed by atoms with Crippen LogP contribution in [0, 0.1) is 6.92 Å². The standard InChI is InChI=1S/C15H12Cl2N2OS/c1-9-12(6-7-16)14(20)19-13(8-21-15(19)18-9)10-2-4-11(17)5-3-10/h2-5,8H,6-7H2,1H3. The molecule has 0 aliphatic heterocycles. The topological polar surface area (TPSA) is 34.4 Å². The number of rotatable bonds is 3. The fraction of sp³-hybridized carbons (Fsp3) is 0.200. The van der Waals surface area contributed by atoms with E-state index < -0.39 is 0 Å². The average Bonchev–Trinajstić information content (AvgIpc) is 2.88. The molecule has 0 atom stereocenters. The zero-order chi connectivity index (χ0) is 15.0. The lowest BCUT2D eigenvalue weighted by molar-refractivity contribution is 0.958. The van der Waals surface area contributed by atoms with E-state index in [0.717, 1.165) is 17.0 Å². The third kappa shape index (κ3) is 2.59. The third-order valence-electron chi connectivity index (χ3n) is 3.35. The summed E-state index contributed by atoms with van der Waals surface area (Å²) in [5.74, 6) is 0.407. The molecule has 0 spiro atoms. The minimum atomic E-state index is -0.0376. The molecule has 6 heteroatoms. The number of aryl methyl sites for hydroxylation is 1. The Balaban J connectivity index is 2.28. The Kier molecular flexibility index (Phi) is 4.02. The molecule has 0 fully saturated rings. The van der Waals surface area contributed by atoms with E-state index in [-0.39, 0.29) is 5.56 Å². The van der Waals surface area contributed by atoms with Gasteiger partial charge in [0.25, 0.3) is 5.56 Å². The van der Waals surface area contributed by atoms with Gasteiger partial charge in [-0.05, 0) is 31.0 Å². The summed E-state index contributed by atoms with van der Waals surface area (Å²) >= 11 is 13.2. The van der Waals surface area contributed by atoms with E-state index in [1.54, 1.807) is 4.40 Å². The van der Waals surface area contributed by atoms with Gasteiger partial charge in [0.2, 0.25) is 0 Å². The molecule has 0 bridgehead atoms. The molecular formula is C15H12Cl2N2OS. The lowest BCUT2D eigenvalue weighted by Gasteiger charge is -2.06. The van der Waals surface area contributed by atoms with Crippen LogP contribution in [0.5, 0.6) is 0 Å². The van der Waals surface area contributed by atoms with Gasteiger partial charge in [0, 0.05) is 27.5 Å². The van der Waals surface area contributed by atoms with Crippen molar-refractivity contribution in [3.63, 3.8) is 0 Å². The number of halogens is 2. The van der Waals surface area contributed by atoms with E-state index in [0.29, 0.717) is 27.8 Å². The Morgan fingerprint density at radius 2 is 2.00 bits per heavy atom. The first-order chi connectivity index (χ1) is 10.1. The fourth-order valence-corrected chi connectivity index (χ4v) is 3.54. The molecule has 3 nitrogen and oxygen atoms in total. The molecule has 3 aromatic rings. The Morgan fingerprint density at radius 1 is 1.29 bits per heavy atom. The van der Waals surface area contributed by atoms with Crippen molar-refractivity contribution in [1.29, 1.82) is 0 Å². The first kappa shape index (κ1) is 14.6. The zero-order valence-electron chi connectivity index (χ0n) is 11.3. The van der Waals surface area contributed by atoms with Crippen LogP contribution >= 0.6 is 34.5 Å². The van der Waals surface area contributed by atoms with E-state index in [1.165, 1.54) is 11.3 Å². The minimum absolute atomic E-state index is 0.0376. The van der Waals surface area contributed by atoms with Gasteiger partial charge in [-0.2, -0.15) is 0 Å². The van der Waals surface area contributed by atoms with Crippen LogP contribution in [0.25, 0.3) is 16.2 Å². The number of benzene rings is 1. The highest BCUT2D eigenvalue weighted by Gasteiger charge is 2.14. The number of nitrogens with zero attached hydrogens (tertiary/aromatic N) is 2. The largest absolute Gasteiger partial charge is 0.269 e. The summed E-state index contributed by atoms with van der Waals surface area (Å²) in [6.07, 6.45) is 0.526. The number of hydrogen-bond donors (Lipinski definition) is 0. The summed E-state index contributed by atoms with van der Waals surface area (Å²) in [6, 6.07) is 7.42. The monoisotopic (exact) mass is 338 g/mol. The summed E-state index contributed by atoms with van der Waals surface area (Å²) in [5, 5.41) is 2.61. The number of alkyl halides is 1. The van der Waals surface area contributed by atoms with Gasteiger partial charge in [-0.15, -0.1) is 22.9 Å². The summed E-state index contributed by atoms with van der Waals surface area (Å²) in [5.41, 5.74) is 3.17. The average molecular weight is 339 g/mol. The quantitative estimate of drug-likeness (QED) is 0.672. The molecule has 0 amide bonds. The first-order valence-corrected chi connectivity index (χ1v) is 8.22. The van der Waals surface area contributed by atoms with Crippen molar-refractivity contribution in [2.75, 3.05) is 5.88 Å². The van der Waals surface area contributed by atoms with Crippen molar-refractivity contribution in [2.45, 2.75) is 13.3 Å². The van der Waals surface area contributed by atoms with Crippen LogP contribution in [0.4, 0.5) is 0 Å². The van der Waals surface area contributed by atoms with Gasteiger partial charge in [0.15, 0.2) is 4.96 Å². The molecule has 0 aliphatic carbocycles. The second kappa shape index (κ2) is 5.79. The first-order valence-electron chi connectivity index (χ1n) is 6.43. The highest BCUT2D eigenvalue weighted by Crippen LogP contribution is 2.25. The van der Waals surface area contributed by atoms with Gasteiger partial charge in [-0.25, -0.2) is 4.98 Å². The molecule has 108 valence electrons. The van der Waals surface area contributed by atoms with Gasteiger partial charge < -0.3 is 0 Å². The van der Waals surface area contributed by atoms with E-state index in [2.05, 4.69) is 4.98 Å². The predicted molar refractivity (Wildman–Crippen MR) is 88.9 cm³/mol. The molecule has 0 unspecified atom stereocenters. The zero-order valence-corrected chi connectivity index (χ0v) is 13.6. The maximum atomic E-state index is 12.7. The van der Waals surface area contributed by atoms with Gasteiger partial charge in [0.05, 0.1) is 5.69 Å². The molecule has 0 N–H and O–H groups in total. The van der Waals surface area contributed by atoms with Crippen LogP contribution in [0.2, 0.25) is 5.02 Å². The Morgan fingerprint density at radius 3 is 2.67 bits per heavy atom. The van der Waals surface area contributed by atoms with Gasteiger partial charge in [-0.1, -0.05) is 23.7 Å². The van der Waals surface area contributed by atoms with Crippen LogP contribution in [0.15, 0.2) is 34.4 Å². The van der Waals surface area contributed by atoms with Crippen LogP contribution in [0.3, 0.4) is 0 Å². The molecule has 0 radical (unpaired) electrons. The molecule has 0 aliphatic rings. The van der Waals surface area contributed by atoms with Crippen LogP contribution in [-0.2, 0) is 6.42 Å². The molecular weight excluding hydrogens is 327 g/mol. The maximum absolute atomic E-state index is 12.7. The molecule has 0 saturated carbocycles. The third-order valence-corrected chi connectivity index (χ3v) is 4.62. The Labute approximate surface area is 135 Å². The normalized spacial score (nSPS) is 11.2. The number of thiazole rings is 1. The fourth-order valence-electron chi connectivity index (χ4n) is 2.29. The number of fused-ring (bicyclic) bond motifs is 1. The van der Waals surface area contributed by atoms with Crippen molar-refractivity contribution in [3.05, 3.63) is 56.3 Å². The lowest BCUT2D eigenvalue weighted by atomic mass is 10.1. The van der Waals surface area contributed by atoms with Gasteiger partial charge in [-0.3, -0.25) is 9.20 Å². The predicted octanol–water partition coefficient (Wildman–Crippen LogP) is 4.17. The highest BCUT2D eigenvalue weighted by atomic mass is 35.5. The lowest BCUT2D eigenvalue weighted by Crippen LogP contribution is -2.21. The number of aromatic nitrogens is 2. The molecule has 2 aromatic heterocycles. The van der Waals surface area contributed by atoms with Crippen molar-refractivity contribution in [1.82, 2.24) is 9.38 Å². The van der Waals surface area contributed by atoms with Gasteiger partial charge >= 0.3 is 0 Å². The SMILES string of the molecule is Cc1nc2scc(-c3ccc(Cl)cc3)n2c(=O)c1CCCl. The number of hydrogen-bond acceptors (Lipinski definition) is 3. The summed E-state index contributed by atoms with van der Waals surface area (Å²) in [7, 11) is 0. The summed E-state index contributed by atoms with van der Waals surface area (Å²) < 4.78 is 1.66. The second-order valence-electron chi connectivity index (χ2n) is 4.67. The van der Waals surface area contributed by atoms with Crippen LogP contribution < -0.4 is 5.56 Å².